The van der Waals surface area contributed by atoms with Crippen molar-refractivity contribution in [1.82, 2.24) is 10.1 Å². The van der Waals surface area contributed by atoms with Gasteiger partial charge in [0.2, 0.25) is 5.82 Å². The molecular formula is C12H14N4O4. The molecule has 1 aromatic carbocycles. The molecular weight excluding hydrogens is 264 g/mol. The molecule has 0 fully saturated rings. The molecule has 0 spiro atoms. The summed E-state index contributed by atoms with van der Waals surface area (Å²) in [7, 11) is 1.49. The SMILES string of the molecule is COC(CN)c1nc(-c2cc([N+](=O)[O-])ccc2C)no1. The highest BCUT2D eigenvalue weighted by Gasteiger charge is 2.19. The van der Waals surface area contributed by atoms with Crippen molar-refractivity contribution in [2.75, 3.05) is 13.7 Å². The molecule has 0 saturated carbocycles. The summed E-state index contributed by atoms with van der Waals surface area (Å²) in [5.74, 6) is 0.521. The van der Waals surface area contributed by atoms with Gasteiger partial charge in [-0.2, -0.15) is 4.98 Å². The highest BCUT2D eigenvalue weighted by Crippen LogP contribution is 2.26. The van der Waals surface area contributed by atoms with Gasteiger partial charge in [0, 0.05) is 31.4 Å². The fourth-order valence-electron chi connectivity index (χ4n) is 1.74. The van der Waals surface area contributed by atoms with E-state index >= 15 is 0 Å². The van der Waals surface area contributed by atoms with Gasteiger partial charge in [0.25, 0.3) is 11.6 Å². The molecule has 8 nitrogen and oxygen atoms in total. The first-order valence-corrected chi connectivity index (χ1v) is 5.88. The number of hydrogen-bond acceptors (Lipinski definition) is 7. The third kappa shape index (κ3) is 2.65. The average molecular weight is 278 g/mol. The Balaban J connectivity index is 2.41. The molecule has 0 aliphatic carbocycles. The van der Waals surface area contributed by atoms with Crippen molar-refractivity contribution < 1.29 is 14.2 Å². The number of nitrogens with two attached hydrogens (primary N) is 1. The van der Waals surface area contributed by atoms with Gasteiger partial charge in [0.05, 0.1) is 4.92 Å². The van der Waals surface area contributed by atoms with E-state index in [9.17, 15) is 10.1 Å². The van der Waals surface area contributed by atoms with Crippen molar-refractivity contribution in [3.63, 3.8) is 0 Å². The smallest absolute Gasteiger partial charge is 0.270 e. The number of benzene rings is 1. The van der Waals surface area contributed by atoms with Crippen LogP contribution < -0.4 is 5.73 Å². The first-order chi connectivity index (χ1) is 9.56. The second kappa shape index (κ2) is 5.76. The van der Waals surface area contributed by atoms with Crippen LogP contribution in [-0.2, 0) is 4.74 Å². The van der Waals surface area contributed by atoms with Gasteiger partial charge in [0.1, 0.15) is 6.10 Å². The number of nitrogens with zero attached hydrogens (tertiary/aromatic N) is 3. The number of aromatic nitrogens is 2. The molecule has 8 heteroatoms. The van der Waals surface area contributed by atoms with Crippen LogP contribution in [0.1, 0.15) is 17.6 Å². The molecule has 1 heterocycles. The van der Waals surface area contributed by atoms with Gasteiger partial charge in [-0.15, -0.1) is 0 Å². The average Bonchev–Trinajstić information content (AvgIpc) is 2.90. The maximum atomic E-state index is 10.8. The van der Waals surface area contributed by atoms with Crippen LogP contribution in [0, 0.1) is 17.0 Å². The number of rotatable bonds is 5. The molecule has 2 rings (SSSR count). The van der Waals surface area contributed by atoms with Crippen molar-refractivity contribution >= 4 is 5.69 Å². The van der Waals surface area contributed by atoms with Crippen LogP contribution in [0.5, 0.6) is 0 Å². The van der Waals surface area contributed by atoms with Crippen LogP contribution >= 0.6 is 0 Å². The lowest BCUT2D eigenvalue weighted by molar-refractivity contribution is -0.384. The zero-order valence-electron chi connectivity index (χ0n) is 11.1. The van der Waals surface area contributed by atoms with Crippen molar-refractivity contribution in [2.45, 2.75) is 13.0 Å². The summed E-state index contributed by atoms with van der Waals surface area (Å²) < 4.78 is 10.2. The molecule has 0 saturated heterocycles. The standard InChI is InChI=1S/C12H14N4O4/c1-7-3-4-8(16(17)18)5-9(7)11-14-12(20-15-11)10(6-13)19-2/h3-5,10H,6,13H2,1-2H3. The largest absolute Gasteiger partial charge is 0.370 e. The van der Waals surface area contributed by atoms with Gasteiger partial charge in [0.15, 0.2) is 0 Å². The number of non-ortho nitro benzene ring substituents is 1. The summed E-state index contributed by atoms with van der Waals surface area (Å²) in [5, 5.41) is 14.6. The summed E-state index contributed by atoms with van der Waals surface area (Å²) in [6, 6.07) is 4.48. The molecule has 2 aromatic rings. The van der Waals surface area contributed by atoms with E-state index in [2.05, 4.69) is 10.1 Å². The van der Waals surface area contributed by atoms with E-state index in [1.165, 1.54) is 19.2 Å². The number of ether oxygens (including phenoxy) is 1. The lowest BCUT2D eigenvalue weighted by Crippen LogP contribution is -2.14. The Morgan fingerprint density at radius 1 is 1.55 bits per heavy atom. The van der Waals surface area contributed by atoms with E-state index in [1.807, 2.05) is 6.92 Å². The lowest BCUT2D eigenvalue weighted by Gasteiger charge is -2.05. The second-order valence-corrected chi connectivity index (χ2v) is 4.17. The summed E-state index contributed by atoms with van der Waals surface area (Å²) in [5.41, 5.74) is 6.84. The Morgan fingerprint density at radius 3 is 2.90 bits per heavy atom. The zero-order chi connectivity index (χ0) is 14.7. The van der Waals surface area contributed by atoms with Crippen LogP contribution in [0.3, 0.4) is 0 Å². The normalized spacial score (nSPS) is 12.3. The molecule has 106 valence electrons. The number of nitro benzene ring substituents is 1. The Morgan fingerprint density at radius 2 is 2.30 bits per heavy atom. The van der Waals surface area contributed by atoms with Crippen LogP contribution in [0.4, 0.5) is 5.69 Å². The van der Waals surface area contributed by atoms with Gasteiger partial charge >= 0.3 is 0 Å². The molecule has 1 aromatic heterocycles. The minimum absolute atomic E-state index is 0.0286. The van der Waals surface area contributed by atoms with Crippen molar-refractivity contribution in [2.24, 2.45) is 5.73 Å². The number of aryl methyl sites for hydroxylation is 1. The molecule has 0 aliphatic rings. The highest BCUT2D eigenvalue weighted by atomic mass is 16.6. The zero-order valence-corrected chi connectivity index (χ0v) is 11.1. The Hall–Kier alpha value is -2.32. The van der Waals surface area contributed by atoms with Crippen LogP contribution in [0.2, 0.25) is 0 Å². The lowest BCUT2D eigenvalue weighted by atomic mass is 10.1. The van der Waals surface area contributed by atoms with Crippen LogP contribution in [0.15, 0.2) is 22.7 Å². The molecule has 1 atom stereocenters. The summed E-state index contributed by atoms with van der Waals surface area (Å²) in [6.07, 6.45) is -0.491. The van der Waals surface area contributed by atoms with Gasteiger partial charge < -0.3 is 15.0 Å². The topological polar surface area (TPSA) is 117 Å². The quantitative estimate of drug-likeness (QED) is 0.651. The first kappa shape index (κ1) is 14.1. The van der Waals surface area contributed by atoms with E-state index in [0.717, 1.165) is 5.56 Å². The minimum atomic E-state index is -0.491. The van der Waals surface area contributed by atoms with E-state index in [-0.39, 0.29) is 23.9 Å². The third-order valence-corrected chi connectivity index (χ3v) is 2.89. The predicted octanol–water partition coefficient (Wildman–Crippen LogP) is 1.60. The predicted molar refractivity (Wildman–Crippen MR) is 69.9 cm³/mol. The molecule has 0 amide bonds. The van der Waals surface area contributed by atoms with Crippen molar-refractivity contribution in [3.8, 4) is 11.4 Å². The summed E-state index contributed by atoms with van der Waals surface area (Å²) >= 11 is 0. The molecule has 0 bridgehead atoms. The molecule has 0 aliphatic heterocycles. The maximum Gasteiger partial charge on any atom is 0.270 e. The van der Waals surface area contributed by atoms with Crippen LogP contribution in [-0.4, -0.2) is 28.7 Å². The fourth-order valence-corrected chi connectivity index (χ4v) is 1.74. The minimum Gasteiger partial charge on any atom is -0.370 e. The van der Waals surface area contributed by atoms with Crippen molar-refractivity contribution in [1.29, 1.82) is 0 Å². The van der Waals surface area contributed by atoms with Gasteiger partial charge in [-0.1, -0.05) is 11.2 Å². The van der Waals surface area contributed by atoms with Crippen molar-refractivity contribution in [3.05, 3.63) is 39.8 Å². The highest BCUT2D eigenvalue weighted by molar-refractivity contribution is 5.63. The van der Waals surface area contributed by atoms with Gasteiger partial charge in [-0.25, -0.2) is 0 Å². The second-order valence-electron chi connectivity index (χ2n) is 4.17. The molecule has 0 radical (unpaired) electrons. The first-order valence-electron chi connectivity index (χ1n) is 5.88. The molecule has 1 unspecified atom stereocenters. The van der Waals surface area contributed by atoms with E-state index in [4.69, 9.17) is 15.0 Å². The molecule has 20 heavy (non-hydrogen) atoms. The van der Waals surface area contributed by atoms with Gasteiger partial charge in [-0.05, 0) is 12.5 Å². The van der Waals surface area contributed by atoms with Crippen LogP contribution in [0.25, 0.3) is 11.4 Å². The van der Waals surface area contributed by atoms with E-state index in [1.54, 1.807) is 6.07 Å². The van der Waals surface area contributed by atoms with Gasteiger partial charge in [-0.3, -0.25) is 10.1 Å². The summed E-state index contributed by atoms with van der Waals surface area (Å²) in [6.45, 7) is 2.01. The summed E-state index contributed by atoms with van der Waals surface area (Å²) in [4.78, 5) is 14.5. The van der Waals surface area contributed by atoms with E-state index in [0.29, 0.717) is 5.56 Å². The molecule has 2 N–H and O–H groups in total. The Bertz CT molecular complexity index is 622. The number of methoxy groups -OCH3 is 1. The monoisotopic (exact) mass is 278 g/mol. The van der Waals surface area contributed by atoms with E-state index < -0.39 is 11.0 Å². The third-order valence-electron chi connectivity index (χ3n) is 2.89. The number of nitro groups is 1. The maximum absolute atomic E-state index is 10.8. The fraction of sp³-hybridized carbons (Fsp3) is 0.333. The number of hydrogen-bond donors (Lipinski definition) is 1. The Kier molecular flexibility index (Phi) is 4.06. The Labute approximate surface area is 114 Å².